The quantitative estimate of drug-likeness (QED) is 0.815. The zero-order valence-electron chi connectivity index (χ0n) is 16.2. The topological polar surface area (TPSA) is 74.4 Å². The minimum absolute atomic E-state index is 0.105. The van der Waals surface area contributed by atoms with Crippen molar-refractivity contribution in [3.8, 4) is 0 Å². The van der Waals surface area contributed by atoms with Gasteiger partial charge in [-0.1, -0.05) is 13.8 Å². The number of carbonyl (C=O) groups excluding carboxylic acids is 2. The Labute approximate surface area is 155 Å². The van der Waals surface area contributed by atoms with Crippen molar-refractivity contribution in [3.05, 3.63) is 22.5 Å². The summed E-state index contributed by atoms with van der Waals surface area (Å²) >= 11 is 0. The molecule has 0 bridgehead atoms. The van der Waals surface area contributed by atoms with Gasteiger partial charge in [-0.05, 0) is 37.7 Å². The Hall–Kier alpha value is -1.66. The van der Waals surface area contributed by atoms with Gasteiger partial charge in [0.2, 0.25) is 0 Å². The van der Waals surface area contributed by atoms with Gasteiger partial charge < -0.3 is 15.0 Å². The predicted octanol–water partition coefficient (Wildman–Crippen LogP) is 2.32. The second kappa shape index (κ2) is 8.35. The Morgan fingerprint density at radius 2 is 2.00 bits per heavy atom. The number of ether oxygens (including phenoxy) is 1. The molecule has 1 atom stereocenters. The highest BCUT2D eigenvalue weighted by atomic mass is 16.5. The van der Waals surface area contributed by atoms with Crippen LogP contribution in [0.3, 0.4) is 0 Å². The molecule has 2 aliphatic rings. The van der Waals surface area contributed by atoms with Crippen LogP contribution in [0.5, 0.6) is 0 Å². The van der Waals surface area contributed by atoms with Crippen LogP contribution in [0.15, 0.2) is 0 Å². The van der Waals surface area contributed by atoms with Crippen LogP contribution < -0.4 is 5.32 Å². The number of amides is 1. The fourth-order valence-corrected chi connectivity index (χ4v) is 4.15. The molecular weight excluding hydrogens is 330 g/mol. The van der Waals surface area contributed by atoms with Gasteiger partial charge in [0.15, 0.2) is 5.78 Å². The van der Waals surface area contributed by atoms with Gasteiger partial charge in [-0.2, -0.15) is 0 Å². The van der Waals surface area contributed by atoms with Crippen molar-refractivity contribution in [2.45, 2.75) is 52.5 Å². The molecule has 1 aromatic rings. The van der Waals surface area contributed by atoms with E-state index in [-0.39, 0.29) is 11.7 Å². The summed E-state index contributed by atoms with van der Waals surface area (Å²) in [5.41, 5.74) is 3.02. The molecule has 1 amide bonds. The first-order chi connectivity index (χ1) is 12.5. The normalized spacial score (nSPS) is 19.5. The molecule has 26 heavy (non-hydrogen) atoms. The summed E-state index contributed by atoms with van der Waals surface area (Å²) in [6.07, 6.45) is 3.33. The van der Waals surface area contributed by atoms with Crippen molar-refractivity contribution in [1.82, 2.24) is 15.2 Å². The van der Waals surface area contributed by atoms with E-state index in [1.54, 1.807) is 0 Å². The fourth-order valence-electron chi connectivity index (χ4n) is 4.15. The van der Waals surface area contributed by atoms with Gasteiger partial charge in [0.25, 0.3) is 5.91 Å². The third kappa shape index (κ3) is 4.18. The van der Waals surface area contributed by atoms with Crippen LogP contribution in [0.1, 0.15) is 65.2 Å². The number of aromatic amines is 1. The zero-order chi connectivity index (χ0) is 18.7. The van der Waals surface area contributed by atoms with Crippen molar-refractivity contribution in [2.24, 2.45) is 5.92 Å². The third-order valence-corrected chi connectivity index (χ3v) is 5.47. The molecule has 1 aromatic heterocycles. The standard InChI is InChI=1S/C20H31N3O3/c1-13(2)11-15(23-7-9-26-10-8-23)12-21-20(25)19-14(3)18-16(22-19)5-4-6-17(18)24/h13,15,22H,4-12H2,1-3H3,(H,21,25). The monoisotopic (exact) mass is 361 g/mol. The Balaban J connectivity index is 1.67. The first-order valence-corrected chi connectivity index (χ1v) is 9.82. The summed E-state index contributed by atoms with van der Waals surface area (Å²) in [4.78, 5) is 30.6. The lowest BCUT2D eigenvalue weighted by atomic mass is 9.94. The molecule has 2 N–H and O–H groups in total. The van der Waals surface area contributed by atoms with E-state index in [9.17, 15) is 9.59 Å². The number of carbonyl (C=O) groups is 2. The van der Waals surface area contributed by atoms with Gasteiger partial charge in [-0.25, -0.2) is 0 Å². The first kappa shape index (κ1) is 19.1. The molecule has 3 rings (SSSR count). The lowest BCUT2D eigenvalue weighted by Crippen LogP contribution is -2.49. The van der Waals surface area contributed by atoms with Crippen molar-refractivity contribution in [2.75, 3.05) is 32.8 Å². The third-order valence-electron chi connectivity index (χ3n) is 5.47. The summed E-state index contributed by atoms with van der Waals surface area (Å²) in [6, 6.07) is 0.314. The van der Waals surface area contributed by atoms with E-state index < -0.39 is 0 Å². The van der Waals surface area contributed by atoms with Crippen LogP contribution in [0.25, 0.3) is 0 Å². The number of H-pyrrole nitrogens is 1. The summed E-state index contributed by atoms with van der Waals surface area (Å²) < 4.78 is 5.46. The van der Waals surface area contributed by atoms with Gasteiger partial charge in [0.05, 0.1) is 13.2 Å². The van der Waals surface area contributed by atoms with Crippen LogP contribution in [0.4, 0.5) is 0 Å². The lowest BCUT2D eigenvalue weighted by Gasteiger charge is -2.35. The molecule has 6 nitrogen and oxygen atoms in total. The number of aryl methyl sites for hydroxylation is 1. The maximum Gasteiger partial charge on any atom is 0.268 e. The Bertz CT molecular complexity index is 660. The molecule has 144 valence electrons. The molecule has 1 aliphatic heterocycles. The average Bonchev–Trinajstić information content (AvgIpc) is 2.97. The van der Waals surface area contributed by atoms with Crippen LogP contribution >= 0.6 is 0 Å². The number of fused-ring (bicyclic) bond motifs is 1. The van der Waals surface area contributed by atoms with E-state index >= 15 is 0 Å². The Morgan fingerprint density at radius 1 is 1.27 bits per heavy atom. The number of nitrogens with one attached hydrogen (secondary N) is 2. The fraction of sp³-hybridized carbons (Fsp3) is 0.700. The minimum atomic E-state index is -0.105. The molecule has 1 aliphatic carbocycles. The lowest BCUT2D eigenvalue weighted by molar-refractivity contribution is 0.0124. The smallest absolute Gasteiger partial charge is 0.268 e. The van der Waals surface area contributed by atoms with E-state index in [1.807, 2.05) is 6.92 Å². The van der Waals surface area contributed by atoms with E-state index in [2.05, 4.69) is 29.0 Å². The van der Waals surface area contributed by atoms with E-state index in [0.29, 0.717) is 30.6 Å². The van der Waals surface area contributed by atoms with Crippen LogP contribution in [-0.2, 0) is 11.2 Å². The molecule has 1 unspecified atom stereocenters. The highest BCUT2D eigenvalue weighted by molar-refractivity contribution is 6.04. The van der Waals surface area contributed by atoms with E-state index in [4.69, 9.17) is 4.74 Å². The van der Waals surface area contributed by atoms with E-state index in [1.165, 1.54) is 0 Å². The Kier molecular flexibility index (Phi) is 6.14. The summed E-state index contributed by atoms with van der Waals surface area (Å²) in [5.74, 6) is 0.619. The minimum Gasteiger partial charge on any atom is -0.379 e. The van der Waals surface area contributed by atoms with Crippen molar-refractivity contribution >= 4 is 11.7 Å². The summed E-state index contributed by atoms with van der Waals surface area (Å²) in [5, 5.41) is 3.10. The molecular formula is C20H31N3O3. The maximum atomic E-state index is 12.8. The largest absolute Gasteiger partial charge is 0.379 e. The predicted molar refractivity (Wildman–Crippen MR) is 101 cm³/mol. The molecule has 0 spiro atoms. The maximum absolute atomic E-state index is 12.8. The second-order valence-corrected chi connectivity index (χ2v) is 7.90. The van der Waals surface area contributed by atoms with Gasteiger partial charge in [-0.3, -0.25) is 14.5 Å². The summed E-state index contributed by atoms with van der Waals surface area (Å²) in [7, 11) is 0. The van der Waals surface area contributed by atoms with Gasteiger partial charge in [0.1, 0.15) is 5.69 Å². The molecule has 2 heterocycles. The number of nitrogens with zero attached hydrogens (tertiary/aromatic N) is 1. The number of Topliss-reactive ketones (excluding diaryl/α,β-unsaturated/α-hetero) is 1. The SMILES string of the molecule is Cc1c(C(=O)NCC(CC(C)C)N2CCOCC2)[nH]c2c1C(=O)CCC2. The van der Waals surface area contributed by atoms with Crippen molar-refractivity contribution < 1.29 is 14.3 Å². The molecule has 1 fully saturated rings. The zero-order valence-corrected chi connectivity index (χ0v) is 16.2. The van der Waals surface area contributed by atoms with Crippen LogP contribution in [0, 0.1) is 12.8 Å². The number of aromatic nitrogens is 1. The van der Waals surface area contributed by atoms with Gasteiger partial charge in [0, 0.05) is 43.4 Å². The number of ketones is 1. The van der Waals surface area contributed by atoms with Crippen molar-refractivity contribution in [1.29, 1.82) is 0 Å². The molecule has 1 saturated heterocycles. The molecule has 0 radical (unpaired) electrons. The highest BCUT2D eigenvalue weighted by Gasteiger charge is 2.27. The highest BCUT2D eigenvalue weighted by Crippen LogP contribution is 2.26. The number of hydrogen-bond donors (Lipinski definition) is 2. The first-order valence-electron chi connectivity index (χ1n) is 9.82. The van der Waals surface area contributed by atoms with Crippen LogP contribution in [0.2, 0.25) is 0 Å². The van der Waals surface area contributed by atoms with Gasteiger partial charge >= 0.3 is 0 Å². The van der Waals surface area contributed by atoms with Crippen LogP contribution in [-0.4, -0.2) is 60.5 Å². The average molecular weight is 361 g/mol. The molecule has 6 heteroatoms. The van der Waals surface area contributed by atoms with Crippen molar-refractivity contribution in [3.63, 3.8) is 0 Å². The van der Waals surface area contributed by atoms with Gasteiger partial charge in [-0.15, -0.1) is 0 Å². The second-order valence-electron chi connectivity index (χ2n) is 7.90. The number of rotatable bonds is 6. The Morgan fingerprint density at radius 3 is 2.65 bits per heavy atom. The number of hydrogen-bond acceptors (Lipinski definition) is 4. The number of morpholine rings is 1. The van der Waals surface area contributed by atoms with E-state index in [0.717, 1.165) is 62.4 Å². The molecule has 0 aromatic carbocycles. The molecule has 0 saturated carbocycles. The summed E-state index contributed by atoms with van der Waals surface area (Å²) in [6.45, 7) is 10.3.